The maximum Gasteiger partial charge on any atom is 0.118 e. The van der Waals surface area contributed by atoms with Crippen LogP contribution < -0.4 is 4.74 Å². The summed E-state index contributed by atoms with van der Waals surface area (Å²) in [6, 6.07) is 16.3. The molecule has 2 nitrogen and oxygen atoms in total. The monoisotopic (exact) mass is 237 g/mol. The molecule has 0 spiro atoms. The van der Waals surface area contributed by atoms with Crippen LogP contribution >= 0.6 is 0 Å². The van der Waals surface area contributed by atoms with E-state index in [4.69, 9.17) is 10.00 Å². The van der Waals surface area contributed by atoms with Crippen LogP contribution in [0, 0.1) is 18.3 Å². The molecule has 2 aromatic carbocycles. The van der Waals surface area contributed by atoms with Gasteiger partial charge in [-0.15, -0.1) is 0 Å². The van der Waals surface area contributed by atoms with Crippen LogP contribution in [0.25, 0.3) is 11.1 Å². The van der Waals surface area contributed by atoms with Crippen LogP contribution in [-0.4, -0.2) is 7.11 Å². The number of rotatable bonds is 3. The van der Waals surface area contributed by atoms with Gasteiger partial charge in [0.15, 0.2) is 0 Å². The molecule has 0 radical (unpaired) electrons. The van der Waals surface area contributed by atoms with E-state index in [-0.39, 0.29) is 0 Å². The summed E-state index contributed by atoms with van der Waals surface area (Å²) < 4.78 is 5.15. The zero-order valence-electron chi connectivity index (χ0n) is 10.6. The molecule has 0 N–H and O–H groups in total. The molecule has 2 aromatic rings. The smallest absolute Gasteiger partial charge is 0.118 e. The Balaban J connectivity index is 2.35. The van der Waals surface area contributed by atoms with Crippen LogP contribution in [0.5, 0.6) is 5.75 Å². The summed E-state index contributed by atoms with van der Waals surface area (Å²) in [6.45, 7) is 2.07. The fourth-order valence-corrected chi connectivity index (χ4v) is 2.02. The molecular weight excluding hydrogens is 222 g/mol. The Bertz CT molecular complexity index is 579. The van der Waals surface area contributed by atoms with Crippen molar-refractivity contribution < 1.29 is 4.74 Å². The van der Waals surface area contributed by atoms with E-state index in [1.165, 1.54) is 11.1 Å². The van der Waals surface area contributed by atoms with Crippen LogP contribution in [0.1, 0.15) is 11.1 Å². The van der Waals surface area contributed by atoms with Crippen LogP contribution in [-0.2, 0) is 6.42 Å². The average molecular weight is 237 g/mol. The maximum atomic E-state index is 8.69. The Morgan fingerprint density at radius 1 is 1.11 bits per heavy atom. The molecular formula is C16H15NO. The lowest BCUT2D eigenvalue weighted by atomic mass is 9.97. The fourth-order valence-electron chi connectivity index (χ4n) is 2.02. The third-order valence-electron chi connectivity index (χ3n) is 2.98. The van der Waals surface area contributed by atoms with Gasteiger partial charge < -0.3 is 4.74 Å². The number of benzene rings is 2. The van der Waals surface area contributed by atoms with E-state index in [1.54, 1.807) is 7.11 Å². The standard InChI is InChI=1S/C16H15NO/c1-12-11-13(9-10-17)3-8-16(12)14-4-6-15(18-2)7-5-14/h3-8,11H,9H2,1-2H3. The largest absolute Gasteiger partial charge is 0.497 e. The van der Waals surface area contributed by atoms with Crippen LogP contribution in [0.4, 0.5) is 0 Å². The highest BCUT2D eigenvalue weighted by molar-refractivity contribution is 5.68. The van der Waals surface area contributed by atoms with E-state index in [0.717, 1.165) is 16.9 Å². The first-order valence-electron chi connectivity index (χ1n) is 5.85. The molecule has 0 unspecified atom stereocenters. The number of hydrogen-bond donors (Lipinski definition) is 0. The SMILES string of the molecule is COc1ccc(-c2ccc(CC#N)cc2C)cc1. The van der Waals surface area contributed by atoms with Gasteiger partial charge in [0, 0.05) is 0 Å². The van der Waals surface area contributed by atoms with Crippen molar-refractivity contribution in [3.8, 4) is 22.9 Å². The second-order valence-corrected chi connectivity index (χ2v) is 4.21. The molecule has 0 aliphatic heterocycles. The van der Waals surface area contributed by atoms with Gasteiger partial charge >= 0.3 is 0 Å². The molecule has 2 heteroatoms. The van der Waals surface area contributed by atoms with Crippen LogP contribution in [0.3, 0.4) is 0 Å². The van der Waals surface area contributed by atoms with Crippen LogP contribution in [0.2, 0.25) is 0 Å². The summed E-state index contributed by atoms with van der Waals surface area (Å²) in [4.78, 5) is 0. The van der Waals surface area contributed by atoms with Gasteiger partial charge in [0.25, 0.3) is 0 Å². The highest BCUT2D eigenvalue weighted by Crippen LogP contribution is 2.26. The Morgan fingerprint density at radius 3 is 2.39 bits per heavy atom. The van der Waals surface area contributed by atoms with Gasteiger partial charge in [0.05, 0.1) is 19.6 Å². The van der Waals surface area contributed by atoms with Crippen molar-refractivity contribution in [3.63, 3.8) is 0 Å². The van der Waals surface area contributed by atoms with E-state index >= 15 is 0 Å². The molecule has 0 bridgehead atoms. The Labute approximate surface area is 107 Å². The number of methoxy groups -OCH3 is 1. The van der Waals surface area contributed by atoms with Crippen molar-refractivity contribution >= 4 is 0 Å². The highest BCUT2D eigenvalue weighted by Gasteiger charge is 2.03. The molecule has 0 heterocycles. The summed E-state index contributed by atoms with van der Waals surface area (Å²) >= 11 is 0. The molecule has 0 amide bonds. The Hall–Kier alpha value is -2.27. The lowest BCUT2D eigenvalue weighted by Gasteiger charge is -2.08. The normalized spacial score (nSPS) is 9.83. The summed E-state index contributed by atoms with van der Waals surface area (Å²) in [6.07, 6.45) is 0.462. The molecule has 0 saturated heterocycles. The van der Waals surface area contributed by atoms with Gasteiger partial charge in [-0.25, -0.2) is 0 Å². The first kappa shape index (κ1) is 12.2. The number of aryl methyl sites for hydroxylation is 1. The number of hydrogen-bond acceptors (Lipinski definition) is 2. The summed E-state index contributed by atoms with van der Waals surface area (Å²) in [5.41, 5.74) is 4.61. The van der Waals surface area contributed by atoms with E-state index < -0.39 is 0 Å². The third-order valence-corrected chi connectivity index (χ3v) is 2.98. The topological polar surface area (TPSA) is 33.0 Å². The summed E-state index contributed by atoms with van der Waals surface area (Å²) in [7, 11) is 1.66. The van der Waals surface area contributed by atoms with Gasteiger partial charge in [-0.3, -0.25) is 0 Å². The molecule has 0 aliphatic rings. The zero-order chi connectivity index (χ0) is 13.0. The van der Waals surface area contributed by atoms with Crippen molar-refractivity contribution in [2.75, 3.05) is 7.11 Å². The lowest BCUT2D eigenvalue weighted by molar-refractivity contribution is 0.415. The number of ether oxygens (including phenoxy) is 1. The van der Waals surface area contributed by atoms with Gasteiger partial charge in [0.2, 0.25) is 0 Å². The third kappa shape index (κ3) is 2.52. The number of nitriles is 1. The summed E-state index contributed by atoms with van der Waals surface area (Å²) in [5, 5.41) is 8.69. The molecule has 2 rings (SSSR count). The minimum Gasteiger partial charge on any atom is -0.497 e. The van der Waals surface area contributed by atoms with Gasteiger partial charge in [0.1, 0.15) is 5.75 Å². The van der Waals surface area contributed by atoms with E-state index in [2.05, 4.69) is 25.1 Å². The first-order valence-corrected chi connectivity index (χ1v) is 5.85. The van der Waals surface area contributed by atoms with Crippen molar-refractivity contribution in [1.29, 1.82) is 5.26 Å². The molecule has 0 aliphatic carbocycles. The van der Waals surface area contributed by atoms with Gasteiger partial charge in [-0.2, -0.15) is 5.26 Å². The Morgan fingerprint density at radius 2 is 1.83 bits per heavy atom. The predicted molar refractivity (Wildman–Crippen MR) is 72.5 cm³/mol. The van der Waals surface area contributed by atoms with E-state index in [9.17, 15) is 0 Å². The molecule has 0 saturated carbocycles. The van der Waals surface area contributed by atoms with E-state index in [1.807, 2.05) is 30.3 Å². The molecule has 18 heavy (non-hydrogen) atoms. The van der Waals surface area contributed by atoms with Crippen molar-refractivity contribution in [2.45, 2.75) is 13.3 Å². The van der Waals surface area contributed by atoms with Crippen molar-refractivity contribution in [3.05, 3.63) is 53.6 Å². The average Bonchev–Trinajstić information content (AvgIpc) is 2.40. The zero-order valence-corrected chi connectivity index (χ0v) is 10.6. The van der Waals surface area contributed by atoms with Crippen molar-refractivity contribution in [2.24, 2.45) is 0 Å². The van der Waals surface area contributed by atoms with Crippen LogP contribution in [0.15, 0.2) is 42.5 Å². The predicted octanol–water partition coefficient (Wildman–Crippen LogP) is 3.74. The fraction of sp³-hybridized carbons (Fsp3) is 0.188. The van der Waals surface area contributed by atoms with Gasteiger partial charge in [-0.05, 0) is 41.3 Å². The summed E-state index contributed by atoms with van der Waals surface area (Å²) in [5.74, 6) is 0.859. The second-order valence-electron chi connectivity index (χ2n) is 4.21. The van der Waals surface area contributed by atoms with Gasteiger partial charge in [-0.1, -0.05) is 30.3 Å². The Kier molecular flexibility index (Phi) is 3.64. The molecule has 0 fully saturated rings. The molecule has 0 atom stereocenters. The minimum atomic E-state index is 0.462. The highest BCUT2D eigenvalue weighted by atomic mass is 16.5. The molecule has 90 valence electrons. The first-order chi connectivity index (χ1) is 8.74. The van der Waals surface area contributed by atoms with Crippen molar-refractivity contribution in [1.82, 2.24) is 0 Å². The maximum absolute atomic E-state index is 8.69. The quantitative estimate of drug-likeness (QED) is 0.814. The second kappa shape index (κ2) is 5.37. The lowest BCUT2D eigenvalue weighted by Crippen LogP contribution is -1.88. The minimum absolute atomic E-state index is 0.462. The number of nitrogens with zero attached hydrogens (tertiary/aromatic N) is 1. The molecule has 0 aromatic heterocycles. The van der Waals surface area contributed by atoms with E-state index in [0.29, 0.717) is 6.42 Å².